The second kappa shape index (κ2) is 5.85. The highest BCUT2D eigenvalue weighted by Crippen LogP contribution is 2.26. The minimum absolute atomic E-state index is 0.502. The van der Waals surface area contributed by atoms with Gasteiger partial charge in [0, 0.05) is 5.92 Å². The quantitative estimate of drug-likeness (QED) is 0.653. The summed E-state index contributed by atoms with van der Waals surface area (Å²) in [5.41, 5.74) is 1.35. The first kappa shape index (κ1) is 12.3. The molecule has 1 nitrogen and oxygen atoms in total. The molecule has 0 unspecified atom stereocenters. The highest BCUT2D eigenvalue weighted by atomic mass is 16.3. The van der Waals surface area contributed by atoms with Crippen LogP contribution in [-0.4, -0.2) is 0 Å². The number of rotatable bonds is 2. The molecule has 0 bridgehead atoms. The molecule has 0 amide bonds. The molecule has 1 heterocycles. The van der Waals surface area contributed by atoms with Crippen LogP contribution in [0.3, 0.4) is 0 Å². The van der Waals surface area contributed by atoms with Crippen LogP contribution in [0.4, 0.5) is 0 Å². The van der Waals surface area contributed by atoms with E-state index in [0.29, 0.717) is 11.8 Å². The molecule has 0 aliphatic carbocycles. The van der Waals surface area contributed by atoms with Crippen LogP contribution in [0, 0.1) is 0 Å². The molecule has 0 aromatic carbocycles. The van der Waals surface area contributed by atoms with Crippen LogP contribution in [0.2, 0.25) is 0 Å². The van der Waals surface area contributed by atoms with E-state index in [0.717, 1.165) is 5.76 Å². The maximum atomic E-state index is 5.39. The molecule has 0 saturated heterocycles. The van der Waals surface area contributed by atoms with Crippen molar-refractivity contribution in [2.45, 2.75) is 53.4 Å². The molecule has 0 spiro atoms. The summed E-state index contributed by atoms with van der Waals surface area (Å²) in [4.78, 5) is 0. The first-order valence-electron chi connectivity index (χ1n) is 5.20. The van der Waals surface area contributed by atoms with Gasteiger partial charge in [-0.3, -0.25) is 0 Å². The van der Waals surface area contributed by atoms with Crippen molar-refractivity contribution in [2.75, 3.05) is 0 Å². The Morgan fingerprint density at radius 3 is 1.85 bits per heavy atom. The summed E-state index contributed by atoms with van der Waals surface area (Å²) in [5, 5.41) is 0. The van der Waals surface area contributed by atoms with E-state index in [4.69, 9.17) is 4.42 Å². The first-order valence-corrected chi connectivity index (χ1v) is 5.20. The average molecular weight is 182 g/mol. The standard InChI is InChI=1S/C10H16O.C2H6/c1-7(2)9-5-6-11-10(9)8(3)4;1-2/h5-8H,1-4H3;1-2H3. The predicted molar refractivity (Wildman–Crippen MR) is 58.2 cm³/mol. The van der Waals surface area contributed by atoms with Gasteiger partial charge in [0.1, 0.15) is 5.76 Å². The van der Waals surface area contributed by atoms with Gasteiger partial charge in [-0.2, -0.15) is 0 Å². The van der Waals surface area contributed by atoms with Crippen LogP contribution in [0.25, 0.3) is 0 Å². The zero-order valence-corrected chi connectivity index (χ0v) is 9.72. The summed E-state index contributed by atoms with van der Waals surface area (Å²) in [5.74, 6) is 2.22. The molecule has 1 heteroatoms. The fourth-order valence-electron chi connectivity index (χ4n) is 1.28. The normalized spacial score (nSPS) is 10.2. The molecule has 1 aromatic rings. The fourth-order valence-corrected chi connectivity index (χ4v) is 1.28. The highest BCUT2D eigenvalue weighted by Gasteiger charge is 2.12. The molecule has 0 N–H and O–H groups in total. The van der Waals surface area contributed by atoms with Gasteiger partial charge in [0.05, 0.1) is 6.26 Å². The molecule has 0 aliphatic rings. The van der Waals surface area contributed by atoms with E-state index >= 15 is 0 Å². The fraction of sp³-hybridized carbons (Fsp3) is 0.667. The topological polar surface area (TPSA) is 13.1 Å². The van der Waals surface area contributed by atoms with Gasteiger partial charge in [-0.25, -0.2) is 0 Å². The Labute approximate surface area is 82.2 Å². The zero-order chi connectivity index (χ0) is 10.4. The second-order valence-electron chi connectivity index (χ2n) is 3.55. The lowest BCUT2D eigenvalue weighted by atomic mass is 9.99. The molecule has 0 fully saturated rings. The van der Waals surface area contributed by atoms with Crippen molar-refractivity contribution in [3.8, 4) is 0 Å². The summed E-state index contributed by atoms with van der Waals surface area (Å²) in [6.07, 6.45) is 1.78. The van der Waals surface area contributed by atoms with Gasteiger partial charge in [0.2, 0.25) is 0 Å². The van der Waals surface area contributed by atoms with Gasteiger partial charge < -0.3 is 4.42 Å². The van der Waals surface area contributed by atoms with Gasteiger partial charge >= 0.3 is 0 Å². The van der Waals surface area contributed by atoms with Crippen LogP contribution in [0.1, 0.15) is 64.7 Å². The lowest BCUT2D eigenvalue weighted by Crippen LogP contribution is -1.93. The van der Waals surface area contributed by atoms with E-state index in [-0.39, 0.29) is 0 Å². The molecule has 1 rings (SSSR count). The SMILES string of the molecule is CC.CC(C)c1ccoc1C(C)C. The molecule has 0 atom stereocenters. The van der Waals surface area contributed by atoms with Crippen LogP contribution >= 0.6 is 0 Å². The molecule has 76 valence electrons. The Bertz CT molecular complexity index is 198. The average Bonchev–Trinajstić information content (AvgIpc) is 2.55. The van der Waals surface area contributed by atoms with Gasteiger partial charge in [-0.05, 0) is 17.5 Å². The molecule has 0 saturated carbocycles. The monoisotopic (exact) mass is 182 g/mol. The second-order valence-corrected chi connectivity index (χ2v) is 3.55. The summed E-state index contributed by atoms with van der Waals surface area (Å²) >= 11 is 0. The van der Waals surface area contributed by atoms with E-state index in [9.17, 15) is 0 Å². The Hall–Kier alpha value is -0.720. The van der Waals surface area contributed by atoms with Crippen molar-refractivity contribution in [2.24, 2.45) is 0 Å². The third-order valence-electron chi connectivity index (χ3n) is 1.87. The number of hydrogen-bond donors (Lipinski definition) is 0. The van der Waals surface area contributed by atoms with Crippen LogP contribution in [-0.2, 0) is 0 Å². The lowest BCUT2D eigenvalue weighted by molar-refractivity contribution is 0.479. The van der Waals surface area contributed by atoms with E-state index in [1.54, 1.807) is 6.26 Å². The van der Waals surface area contributed by atoms with Crippen molar-refractivity contribution in [3.63, 3.8) is 0 Å². The molecular formula is C12H22O. The van der Waals surface area contributed by atoms with Crippen LogP contribution in [0.5, 0.6) is 0 Å². The first-order chi connectivity index (χ1) is 6.13. The third kappa shape index (κ3) is 3.25. The smallest absolute Gasteiger partial charge is 0.109 e. The minimum Gasteiger partial charge on any atom is -0.469 e. The van der Waals surface area contributed by atoms with Crippen molar-refractivity contribution in [1.82, 2.24) is 0 Å². The molecule has 0 radical (unpaired) electrons. The molecule has 0 aliphatic heterocycles. The summed E-state index contributed by atoms with van der Waals surface area (Å²) < 4.78 is 5.39. The minimum atomic E-state index is 0.502. The molecule has 1 aromatic heterocycles. The van der Waals surface area contributed by atoms with Crippen molar-refractivity contribution in [3.05, 3.63) is 23.7 Å². The van der Waals surface area contributed by atoms with Crippen LogP contribution in [0.15, 0.2) is 16.7 Å². The summed E-state index contributed by atoms with van der Waals surface area (Å²) in [6.45, 7) is 12.7. The van der Waals surface area contributed by atoms with E-state index in [1.807, 2.05) is 13.8 Å². The number of hydrogen-bond acceptors (Lipinski definition) is 1. The van der Waals surface area contributed by atoms with Crippen molar-refractivity contribution >= 4 is 0 Å². The van der Waals surface area contributed by atoms with Gasteiger partial charge in [-0.1, -0.05) is 41.5 Å². The van der Waals surface area contributed by atoms with Crippen LogP contribution < -0.4 is 0 Å². The Morgan fingerprint density at radius 2 is 1.54 bits per heavy atom. The Morgan fingerprint density at radius 1 is 1.00 bits per heavy atom. The Balaban J connectivity index is 0.000000671. The summed E-state index contributed by atoms with van der Waals surface area (Å²) in [7, 11) is 0. The van der Waals surface area contributed by atoms with Gasteiger partial charge in [-0.15, -0.1) is 0 Å². The van der Waals surface area contributed by atoms with E-state index in [1.165, 1.54) is 5.56 Å². The largest absolute Gasteiger partial charge is 0.469 e. The molecule has 13 heavy (non-hydrogen) atoms. The molecular weight excluding hydrogens is 160 g/mol. The third-order valence-corrected chi connectivity index (χ3v) is 1.87. The lowest BCUT2D eigenvalue weighted by Gasteiger charge is -2.07. The van der Waals surface area contributed by atoms with Crippen molar-refractivity contribution in [1.29, 1.82) is 0 Å². The number of furan rings is 1. The van der Waals surface area contributed by atoms with Crippen molar-refractivity contribution < 1.29 is 4.42 Å². The maximum Gasteiger partial charge on any atom is 0.109 e. The summed E-state index contributed by atoms with van der Waals surface area (Å²) in [6, 6.07) is 2.07. The highest BCUT2D eigenvalue weighted by molar-refractivity contribution is 5.22. The van der Waals surface area contributed by atoms with E-state index in [2.05, 4.69) is 33.8 Å². The predicted octanol–water partition coefficient (Wildman–Crippen LogP) is 4.55. The van der Waals surface area contributed by atoms with Gasteiger partial charge in [0.15, 0.2) is 0 Å². The van der Waals surface area contributed by atoms with Gasteiger partial charge in [0.25, 0.3) is 0 Å². The Kier molecular flexibility index (Phi) is 5.52. The van der Waals surface area contributed by atoms with E-state index < -0.39 is 0 Å². The zero-order valence-electron chi connectivity index (χ0n) is 9.72. The maximum absolute atomic E-state index is 5.39.